The zero-order chi connectivity index (χ0) is 54.9. The number of quaternary nitrogens is 1. The highest BCUT2D eigenvalue weighted by atomic mass is 31.2. The van der Waals surface area contributed by atoms with Crippen LogP contribution in [-0.2, 0) is 18.4 Å². The number of carbonyl (C=O) groups is 1. The molecule has 0 radical (unpaired) electrons. The van der Waals surface area contributed by atoms with Gasteiger partial charge in [0.15, 0.2) is 0 Å². The number of likely N-dealkylation sites (N-methyl/N-ethyl adjacent to an activating group) is 1. The Bertz CT molecular complexity index is 1180. The van der Waals surface area contributed by atoms with Crippen LogP contribution in [-0.4, -0.2) is 68.5 Å². The summed E-state index contributed by atoms with van der Waals surface area (Å²) in [6.07, 6.45) is 71.7. The fourth-order valence-corrected chi connectivity index (χ4v) is 11.5. The number of nitrogens with zero attached hydrogens (tertiary/aromatic N) is 1. The maximum absolute atomic E-state index is 13.0. The Balaban J connectivity index is 3.98. The zero-order valence-electron chi connectivity index (χ0n) is 51.5. The molecule has 0 spiro atoms. The molecule has 9 heteroatoms. The molecule has 0 saturated carbocycles. The van der Waals surface area contributed by atoms with Gasteiger partial charge >= 0.3 is 0 Å². The number of nitrogens with one attached hydrogen (secondary N) is 1. The quantitative estimate of drug-likeness (QED) is 0.0357. The second-order valence-corrected chi connectivity index (χ2v) is 26.3. The lowest BCUT2D eigenvalue weighted by molar-refractivity contribution is -0.870. The Labute approximate surface area is 470 Å². The number of unbranched alkanes of at least 4 members (excludes halogenated alkanes) is 51. The first kappa shape index (κ1) is 74.5. The van der Waals surface area contributed by atoms with Gasteiger partial charge in [-0.15, -0.1) is 0 Å². The molecule has 75 heavy (non-hydrogen) atoms. The average Bonchev–Trinajstić information content (AvgIpc) is 3.37. The van der Waals surface area contributed by atoms with Gasteiger partial charge in [0.05, 0.1) is 39.9 Å². The predicted molar refractivity (Wildman–Crippen MR) is 326 cm³/mol. The van der Waals surface area contributed by atoms with E-state index >= 15 is 0 Å². The number of carbonyl (C=O) groups excluding carboxylic acids is 1. The minimum Gasteiger partial charge on any atom is -0.756 e. The molecule has 3 atom stereocenters. The number of aliphatic hydroxyl groups excluding tert-OH is 1. The second kappa shape index (κ2) is 58.2. The lowest BCUT2D eigenvalue weighted by Gasteiger charge is -2.30. The van der Waals surface area contributed by atoms with Crippen LogP contribution in [0.1, 0.15) is 367 Å². The summed E-state index contributed by atoms with van der Waals surface area (Å²) >= 11 is 0. The van der Waals surface area contributed by atoms with Gasteiger partial charge in [0.2, 0.25) is 5.91 Å². The molecule has 0 aromatic heterocycles. The molecule has 0 saturated heterocycles. The molecular weight excluding hydrogens is 948 g/mol. The SMILES string of the molecule is CCCCCCCCCCCCCCCCCCCCCCCCCCCCCCCCCC(=O)NC(COP(=O)([O-])OCC[N+](C)(C)C)C(O)CCCCCCCCCCCCCCCCCCCCCCCC. The van der Waals surface area contributed by atoms with Crippen molar-refractivity contribution in [3.8, 4) is 0 Å². The van der Waals surface area contributed by atoms with E-state index in [4.69, 9.17) is 9.05 Å². The lowest BCUT2D eigenvalue weighted by atomic mass is 10.0. The summed E-state index contributed by atoms with van der Waals surface area (Å²) in [5, 5.41) is 14.1. The first-order valence-corrected chi connectivity index (χ1v) is 35.3. The van der Waals surface area contributed by atoms with Crippen molar-refractivity contribution in [3.63, 3.8) is 0 Å². The van der Waals surface area contributed by atoms with E-state index in [9.17, 15) is 19.4 Å². The molecule has 0 heterocycles. The summed E-state index contributed by atoms with van der Waals surface area (Å²) in [7, 11) is 1.33. The number of hydrogen-bond donors (Lipinski definition) is 2. The minimum absolute atomic E-state index is 0.0169. The smallest absolute Gasteiger partial charge is 0.268 e. The Morgan fingerprint density at radius 1 is 0.413 bits per heavy atom. The van der Waals surface area contributed by atoms with Crippen LogP contribution in [0.15, 0.2) is 0 Å². The van der Waals surface area contributed by atoms with Crippen LogP contribution in [0.4, 0.5) is 0 Å². The number of aliphatic hydroxyl groups is 1. The maximum Gasteiger partial charge on any atom is 0.268 e. The molecule has 0 fully saturated rings. The third kappa shape index (κ3) is 61.0. The van der Waals surface area contributed by atoms with Crippen LogP contribution < -0.4 is 10.2 Å². The van der Waals surface area contributed by atoms with Crippen LogP contribution in [0.5, 0.6) is 0 Å². The number of phosphoric acid groups is 1. The normalized spacial score (nSPS) is 13.6. The maximum atomic E-state index is 13.0. The summed E-state index contributed by atoms with van der Waals surface area (Å²) < 4.78 is 23.5. The van der Waals surface area contributed by atoms with Gasteiger partial charge < -0.3 is 28.8 Å². The molecule has 0 rings (SSSR count). The molecule has 450 valence electrons. The molecular formula is C66H135N2O6P. The van der Waals surface area contributed by atoms with Crippen molar-refractivity contribution in [2.24, 2.45) is 0 Å². The van der Waals surface area contributed by atoms with E-state index < -0.39 is 20.0 Å². The first-order chi connectivity index (χ1) is 36.5. The van der Waals surface area contributed by atoms with E-state index in [2.05, 4.69) is 19.2 Å². The Morgan fingerprint density at radius 3 is 0.907 bits per heavy atom. The Hall–Kier alpha value is -0.500. The van der Waals surface area contributed by atoms with Gasteiger partial charge in [-0.1, -0.05) is 348 Å². The topological polar surface area (TPSA) is 108 Å². The van der Waals surface area contributed by atoms with Crippen molar-refractivity contribution < 1.29 is 32.9 Å². The highest BCUT2D eigenvalue weighted by Gasteiger charge is 2.24. The van der Waals surface area contributed by atoms with E-state index in [1.165, 1.54) is 302 Å². The van der Waals surface area contributed by atoms with Gasteiger partial charge in [0, 0.05) is 6.42 Å². The number of amides is 1. The molecule has 2 N–H and O–H groups in total. The lowest BCUT2D eigenvalue weighted by Crippen LogP contribution is -2.46. The predicted octanol–water partition coefficient (Wildman–Crippen LogP) is 20.5. The van der Waals surface area contributed by atoms with Crippen LogP contribution in [0.3, 0.4) is 0 Å². The number of rotatable bonds is 64. The summed E-state index contributed by atoms with van der Waals surface area (Å²) in [6.45, 7) is 4.80. The van der Waals surface area contributed by atoms with E-state index in [0.717, 1.165) is 38.5 Å². The van der Waals surface area contributed by atoms with Gasteiger partial charge in [-0.05, 0) is 12.8 Å². The average molecular weight is 1080 g/mol. The molecule has 1 amide bonds. The van der Waals surface area contributed by atoms with Crippen molar-refractivity contribution in [2.75, 3.05) is 40.9 Å². The van der Waals surface area contributed by atoms with Crippen molar-refractivity contribution >= 4 is 13.7 Å². The van der Waals surface area contributed by atoms with E-state index in [-0.39, 0.29) is 19.1 Å². The molecule has 0 aliphatic carbocycles. The molecule has 0 aromatic carbocycles. The molecule has 0 bridgehead atoms. The second-order valence-electron chi connectivity index (χ2n) is 24.9. The van der Waals surface area contributed by atoms with Gasteiger partial charge in [-0.2, -0.15) is 0 Å². The highest BCUT2D eigenvalue weighted by molar-refractivity contribution is 7.45. The van der Waals surface area contributed by atoms with Crippen molar-refractivity contribution in [3.05, 3.63) is 0 Å². The van der Waals surface area contributed by atoms with E-state index in [1.807, 2.05) is 21.1 Å². The fraction of sp³-hybridized carbons (Fsp3) is 0.985. The van der Waals surface area contributed by atoms with Gasteiger partial charge in [-0.3, -0.25) is 9.36 Å². The first-order valence-electron chi connectivity index (χ1n) is 33.9. The number of phosphoric ester groups is 1. The largest absolute Gasteiger partial charge is 0.756 e. The summed E-state index contributed by atoms with van der Waals surface area (Å²) in [6, 6.07) is -0.796. The summed E-state index contributed by atoms with van der Waals surface area (Å²) in [4.78, 5) is 25.6. The van der Waals surface area contributed by atoms with Crippen LogP contribution in [0, 0.1) is 0 Å². The van der Waals surface area contributed by atoms with Crippen molar-refractivity contribution in [1.82, 2.24) is 5.32 Å². The minimum atomic E-state index is -4.57. The molecule has 0 aliphatic rings. The summed E-state index contributed by atoms with van der Waals surface area (Å²) in [5.74, 6) is -0.154. The van der Waals surface area contributed by atoms with E-state index in [0.29, 0.717) is 23.9 Å². The van der Waals surface area contributed by atoms with Crippen LogP contribution >= 0.6 is 7.82 Å². The molecule has 8 nitrogen and oxygen atoms in total. The van der Waals surface area contributed by atoms with Crippen molar-refractivity contribution in [1.29, 1.82) is 0 Å². The molecule has 0 aliphatic heterocycles. The van der Waals surface area contributed by atoms with Crippen LogP contribution in [0.2, 0.25) is 0 Å². The van der Waals surface area contributed by atoms with E-state index in [1.54, 1.807) is 0 Å². The van der Waals surface area contributed by atoms with Crippen LogP contribution in [0.25, 0.3) is 0 Å². The van der Waals surface area contributed by atoms with Gasteiger partial charge in [0.25, 0.3) is 7.82 Å². The number of hydrogen-bond acceptors (Lipinski definition) is 6. The molecule has 3 unspecified atom stereocenters. The standard InChI is InChI=1S/C66H135N2O6P/c1-6-8-10-12-14-16-18-20-22-24-26-28-30-31-32-33-34-35-36-37-38-40-42-44-46-48-50-52-54-56-58-60-66(70)67-64(63-74-75(71,72)73-62-61-68(3,4)5)65(69)59-57-55-53-51-49-47-45-43-41-39-29-27-25-23-21-19-17-15-13-11-9-7-2/h64-65,69H,6-63H2,1-5H3,(H-,67,70,71,72). The zero-order valence-corrected chi connectivity index (χ0v) is 52.4. The highest BCUT2D eigenvalue weighted by Crippen LogP contribution is 2.38. The third-order valence-electron chi connectivity index (χ3n) is 16.1. The third-order valence-corrected chi connectivity index (χ3v) is 17.1. The van der Waals surface area contributed by atoms with Gasteiger partial charge in [-0.25, -0.2) is 0 Å². The van der Waals surface area contributed by atoms with Gasteiger partial charge in [0.1, 0.15) is 13.2 Å². The Kier molecular flexibility index (Phi) is 57.8. The molecule has 0 aromatic rings. The summed E-state index contributed by atoms with van der Waals surface area (Å²) in [5.41, 5.74) is 0. The fourth-order valence-electron chi connectivity index (χ4n) is 10.8. The monoisotopic (exact) mass is 1080 g/mol. The van der Waals surface area contributed by atoms with Crippen molar-refractivity contribution in [2.45, 2.75) is 379 Å². The Morgan fingerprint density at radius 2 is 0.653 bits per heavy atom.